The quantitative estimate of drug-likeness (QED) is 0.803. The van der Waals surface area contributed by atoms with Crippen LogP contribution in [0, 0.1) is 0 Å². The third-order valence-corrected chi connectivity index (χ3v) is 5.31. The van der Waals surface area contributed by atoms with Gasteiger partial charge in [0.1, 0.15) is 5.54 Å². The number of carbonyl (C=O) groups is 1. The number of fused-ring (bicyclic) bond motifs is 1. The molecule has 1 unspecified atom stereocenters. The Morgan fingerprint density at radius 2 is 2.26 bits per heavy atom. The van der Waals surface area contributed by atoms with Crippen molar-refractivity contribution >= 4 is 39.3 Å². The normalized spacial score (nSPS) is 14.4. The molecule has 0 fully saturated rings. The molecule has 0 saturated carbocycles. The molecule has 1 aromatic heterocycles. The molecule has 4 nitrogen and oxygen atoms in total. The van der Waals surface area contributed by atoms with E-state index in [1.807, 2.05) is 24.3 Å². The number of hydrogen-bond donors (Lipinski definition) is 2. The number of likely N-dealkylation sites (N-methyl/N-ethyl adjacent to an activating group) is 1. The topological polar surface area (TPSA) is 62.2 Å². The van der Waals surface area contributed by atoms with Crippen molar-refractivity contribution in [2.75, 3.05) is 12.8 Å². The van der Waals surface area contributed by atoms with E-state index in [4.69, 9.17) is 5.11 Å². The summed E-state index contributed by atoms with van der Waals surface area (Å²) in [5.74, 6) is -0.0939. The van der Waals surface area contributed by atoms with Crippen LogP contribution in [-0.2, 0) is 4.79 Å². The van der Waals surface area contributed by atoms with Crippen molar-refractivity contribution in [1.29, 1.82) is 0 Å². The monoisotopic (exact) mass is 296 g/mol. The molecule has 0 radical (unpaired) electrons. The first-order valence-electron chi connectivity index (χ1n) is 5.96. The molecule has 1 atom stereocenters. The van der Waals surface area contributed by atoms with Crippen LogP contribution in [0.2, 0.25) is 0 Å². The second-order valence-corrected chi connectivity index (χ2v) is 6.81. The molecule has 2 N–H and O–H groups in total. The van der Waals surface area contributed by atoms with E-state index in [-0.39, 0.29) is 0 Å². The van der Waals surface area contributed by atoms with Crippen molar-refractivity contribution in [2.45, 2.75) is 23.2 Å². The van der Waals surface area contributed by atoms with Crippen molar-refractivity contribution in [3.63, 3.8) is 0 Å². The Morgan fingerprint density at radius 1 is 1.53 bits per heavy atom. The minimum atomic E-state index is -0.871. The molecular weight excluding hydrogens is 280 g/mol. The number of aliphatic carboxylic acids is 1. The summed E-state index contributed by atoms with van der Waals surface area (Å²) < 4.78 is 2.16. The number of rotatable bonds is 6. The van der Waals surface area contributed by atoms with Crippen LogP contribution in [0.15, 0.2) is 28.6 Å². The average Bonchev–Trinajstić information content (AvgIpc) is 2.80. The molecule has 0 saturated heterocycles. The second-order valence-electron chi connectivity index (χ2n) is 4.43. The van der Waals surface area contributed by atoms with Crippen LogP contribution < -0.4 is 5.32 Å². The van der Waals surface area contributed by atoms with Gasteiger partial charge in [-0.05, 0) is 32.5 Å². The standard InChI is InChI=1S/C13H16N2O2S2/c1-13(14-2,11(16)17)7-8-18-12-15-9-5-3-4-6-10(9)19-12/h3-6,14H,7-8H2,1-2H3,(H,16,17). The van der Waals surface area contributed by atoms with Gasteiger partial charge in [-0.1, -0.05) is 23.9 Å². The van der Waals surface area contributed by atoms with Crippen LogP contribution in [0.3, 0.4) is 0 Å². The van der Waals surface area contributed by atoms with Gasteiger partial charge in [0.25, 0.3) is 0 Å². The number of nitrogens with one attached hydrogen (secondary N) is 1. The highest BCUT2D eigenvalue weighted by atomic mass is 32.2. The van der Waals surface area contributed by atoms with E-state index in [1.165, 1.54) is 4.70 Å². The predicted molar refractivity (Wildman–Crippen MR) is 80.1 cm³/mol. The van der Waals surface area contributed by atoms with Gasteiger partial charge in [0.05, 0.1) is 10.2 Å². The number of para-hydroxylation sites is 1. The average molecular weight is 296 g/mol. The number of nitrogens with zero attached hydrogens (tertiary/aromatic N) is 1. The number of thiazole rings is 1. The summed E-state index contributed by atoms with van der Waals surface area (Å²) in [6.45, 7) is 1.70. The van der Waals surface area contributed by atoms with E-state index >= 15 is 0 Å². The number of aromatic nitrogens is 1. The van der Waals surface area contributed by atoms with Crippen molar-refractivity contribution in [1.82, 2.24) is 10.3 Å². The lowest BCUT2D eigenvalue weighted by Gasteiger charge is -2.23. The van der Waals surface area contributed by atoms with E-state index in [0.29, 0.717) is 6.42 Å². The Balaban J connectivity index is 1.97. The molecule has 0 aliphatic heterocycles. The van der Waals surface area contributed by atoms with E-state index in [1.54, 1.807) is 37.1 Å². The fourth-order valence-electron chi connectivity index (χ4n) is 1.59. The second kappa shape index (κ2) is 5.90. The summed E-state index contributed by atoms with van der Waals surface area (Å²) >= 11 is 3.26. The van der Waals surface area contributed by atoms with E-state index in [0.717, 1.165) is 15.6 Å². The highest BCUT2D eigenvalue weighted by Gasteiger charge is 2.30. The van der Waals surface area contributed by atoms with Gasteiger partial charge in [0.15, 0.2) is 4.34 Å². The molecule has 0 bridgehead atoms. The smallest absolute Gasteiger partial charge is 0.323 e. The molecular formula is C13H16N2O2S2. The fraction of sp³-hybridized carbons (Fsp3) is 0.385. The van der Waals surface area contributed by atoms with Gasteiger partial charge in [-0.25, -0.2) is 4.98 Å². The summed E-state index contributed by atoms with van der Waals surface area (Å²) in [5.41, 5.74) is 0.133. The molecule has 2 aromatic rings. The zero-order valence-electron chi connectivity index (χ0n) is 10.8. The van der Waals surface area contributed by atoms with E-state index in [2.05, 4.69) is 10.3 Å². The van der Waals surface area contributed by atoms with Crippen LogP contribution in [0.25, 0.3) is 10.2 Å². The lowest BCUT2D eigenvalue weighted by molar-refractivity contribution is -0.144. The summed E-state index contributed by atoms with van der Waals surface area (Å²) in [6.07, 6.45) is 0.555. The number of carboxylic acid groups (broad SMARTS) is 1. The first-order valence-corrected chi connectivity index (χ1v) is 7.76. The van der Waals surface area contributed by atoms with Crippen LogP contribution >= 0.6 is 23.1 Å². The minimum Gasteiger partial charge on any atom is -0.480 e. The minimum absolute atomic E-state index is 0.555. The number of carboxylic acids is 1. The van der Waals surface area contributed by atoms with Gasteiger partial charge in [-0.15, -0.1) is 11.3 Å². The molecule has 102 valence electrons. The summed E-state index contributed by atoms with van der Waals surface area (Å²) in [6, 6.07) is 8.01. The Morgan fingerprint density at radius 3 is 2.89 bits per heavy atom. The Kier molecular flexibility index (Phi) is 4.44. The fourth-order valence-corrected chi connectivity index (χ4v) is 3.89. The van der Waals surface area contributed by atoms with Gasteiger partial charge >= 0.3 is 5.97 Å². The molecule has 0 spiro atoms. The molecule has 0 aliphatic rings. The molecule has 1 heterocycles. The maximum Gasteiger partial charge on any atom is 0.323 e. The summed E-state index contributed by atoms with van der Waals surface area (Å²) in [5, 5.41) is 12.0. The maximum absolute atomic E-state index is 11.2. The summed E-state index contributed by atoms with van der Waals surface area (Å²) in [7, 11) is 1.68. The largest absolute Gasteiger partial charge is 0.480 e. The molecule has 0 aliphatic carbocycles. The highest BCUT2D eigenvalue weighted by Crippen LogP contribution is 2.30. The third-order valence-electron chi connectivity index (χ3n) is 3.13. The Hall–Kier alpha value is -1.11. The number of benzene rings is 1. The van der Waals surface area contributed by atoms with Crippen LogP contribution in [0.5, 0.6) is 0 Å². The lowest BCUT2D eigenvalue weighted by atomic mass is 10.00. The SMILES string of the molecule is CNC(C)(CCSc1nc2ccccc2s1)C(=O)O. The molecule has 19 heavy (non-hydrogen) atoms. The van der Waals surface area contributed by atoms with Gasteiger partial charge in [0.2, 0.25) is 0 Å². The predicted octanol–water partition coefficient (Wildman–Crippen LogP) is 2.84. The zero-order chi connectivity index (χ0) is 13.9. The van der Waals surface area contributed by atoms with Crippen LogP contribution in [-0.4, -0.2) is 34.4 Å². The number of hydrogen-bond acceptors (Lipinski definition) is 5. The van der Waals surface area contributed by atoms with Gasteiger partial charge < -0.3 is 10.4 Å². The summed E-state index contributed by atoms with van der Waals surface area (Å²) in [4.78, 5) is 15.7. The molecule has 6 heteroatoms. The van der Waals surface area contributed by atoms with Crippen molar-refractivity contribution < 1.29 is 9.90 Å². The first kappa shape index (κ1) is 14.3. The molecule has 2 rings (SSSR count). The van der Waals surface area contributed by atoms with Crippen molar-refractivity contribution in [2.24, 2.45) is 0 Å². The Bertz CT molecular complexity index is 552. The van der Waals surface area contributed by atoms with Crippen molar-refractivity contribution in [3.05, 3.63) is 24.3 Å². The number of thioether (sulfide) groups is 1. The Labute approximate surface area is 120 Å². The molecule has 0 amide bonds. The van der Waals surface area contributed by atoms with Crippen molar-refractivity contribution in [3.8, 4) is 0 Å². The van der Waals surface area contributed by atoms with Gasteiger partial charge in [-0.3, -0.25) is 4.79 Å². The maximum atomic E-state index is 11.2. The lowest BCUT2D eigenvalue weighted by Crippen LogP contribution is -2.47. The third kappa shape index (κ3) is 3.26. The highest BCUT2D eigenvalue weighted by molar-refractivity contribution is 8.01. The van der Waals surface area contributed by atoms with Gasteiger partial charge in [0, 0.05) is 5.75 Å². The molecule has 1 aromatic carbocycles. The first-order chi connectivity index (χ1) is 9.05. The van der Waals surface area contributed by atoms with E-state index in [9.17, 15) is 4.79 Å². The van der Waals surface area contributed by atoms with Crippen LogP contribution in [0.4, 0.5) is 0 Å². The van der Waals surface area contributed by atoms with Crippen LogP contribution in [0.1, 0.15) is 13.3 Å². The zero-order valence-corrected chi connectivity index (χ0v) is 12.5. The van der Waals surface area contributed by atoms with E-state index < -0.39 is 11.5 Å². The van der Waals surface area contributed by atoms with Gasteiger partial charge in [-0.2, -0.15) is 0 Å².